The molecule has 19 heavy (non-hydrogen) atoms. The second-order valence-electron chi connectivity index (χ2n) is 3.91. The van der Waals surface area contributed by atoms with Gasteiger partial charge in [0.05, 0.1) is 5.88 Å². The average Bonchev–Trinajstić information content (AvgIpc) is 2.39. The van der Waals surface area contributed by atoms with Crippen LogP contribution in [-0.4, -0.2) is 0 Å². The maximum atomic E-state index is 13.1. The van der Waals surface area contributed by atoms with Crippen molar-refractivity contribution in [3.8, 4) is 5.75 Å². The summed E-state index contributed by atoms with van der Waals surface area (Å²) in [5, 5.41) is 1.10. The van der Waals surface area contributed by atoms with Crippen LogP contribution >= 0.6 is 34.8 Å². The third kappa shape index (κ3) is 3.75. The first-order valence-electron chi connectivity index (χ1n) is 5.51. The minimum absolute atomic E-state index is 0.182. The average molecular weight is 320 g/mol. The van der Waals surface area contributed by atoms with Crippen molar-refractivity contribution < 1.29 is 9.13 Å². The van der Waals surface area contributed by atoms with E-state index in [2.05, 4.69) is 0 Å². The van der Waals surface area contributed by atoms with Crippen molar-refractivity contribution in [1.82, 2.24) is 0 Å². The maximum Gasteiger partial charge on any atom is 0.124 e. The molecule has 0 amide bonds. The van der Waals surface area contributed by atoms with Crippen LogP contribution in [0, 0.1) is 5.82 Å². The lowest BCUT2D eigenvalue weighted by atomic mass is 10.2. The minimum Gasteiger partial charge on any atom is -0.489 e. The van der Waals surface area contributed by atoms with Crippen LogP contribution in [0.4, 0.5) is 4.39 Å². The maximum absolute atomic E-state index is 13.1. The summed E-state index contributed by atoms with van der Waals surface area (Å²) >= 11 is 17.6. The second kappa shape index (κ2) is 6.47. The van der Waals surface area contributed by atoms with Gasteiger partial charge in [0.15, 0.2) is 0 Å². The fourth-order valence-electron chi connectivity index (χ4n) is 1.59. The van der Waals surface area contributed by atoms with Crippen molar-refractivity contribution in [1.29, 1.82) is 0 Å². The van der Waals surface area contributed by atoms with Gasteiger partial charge in [0.25, 0.3) is 0 Å². The SMILES string of the molecule is Fc1ccc(OCc2ccc(Cl)cc2Cl)c(CCl)c1. The van der Waals surface area contributed by atoms with Gasteiger partial charge in [-0.15, -0.1) is 11.6 Å². The molecule has 0 aliphatic rings. The zero-order valence-corrected chi connectivity index (χ0v) is 12.1. The Morgan fingerprint density at radius 3 is 2.47 bits per heavy atom. The molecule has 1 nitrogen and oxygen atoms in total. The van der Waals surface area contributed by atoms with Gasteiger partial charge < -0.3 is 4.74 Å². The quantitative estimate of drug-likeness (QED) is 0.681. The van der Waals surface area contributed by atoms with E-state index >= 15 is 0 Å². The standard InChI is InChI=1S/C14H10Cl3FO/c15-7-10-5-12(18)3-4-14(10)19-8-9-1-2-11(16)6-13(9)17/h1-6H,7-8H2. The third-order valence-electron chi connectivity index (χ3n) is 2.56. The molecule has 0 saturated heterocycles. The number of rotatable bonds is 4. The van der Waals surface area contributed by atoms with Crippen LogP contribution in [0.2, 0.25) is 10.0 Å². The summed E-state index contributed by atoms with van der Waals surface area (Å²) in [6.07, 6.45) is 0. The molecule has 0 bridgehead atoms. The van der Waals surface area contributed by atoms with Gasteiger partial charge in [-0.25, -0.2) is 4.39 Å². The van der Waals surface area contributed by atoms with Gasteiger partial charge >= 0.3 is 0 Å². The number of ether oxygens (including phenoxy) is 1. The van der Waals surface area contributed by atoms with E-state index in [0.717, 1.165) is 5.56 Å². The van der Waals surface area contributed by atoms with Crippen molar-refractivity contribution in [3.63, 3.8) is 0 Å². The molecule has 0 spiro atoms. The fourth-order valence-corrected chi connectivity index (χ4v) is 2.26. The number of halogens is 4. The van der Waals surface area contributed by atoms with E-state index in [1.54, 1.807) is 24.3 Å². The van der Waals surface area contributed by atoms with E-state index in [-0.39, 0.29) is 18.3 Å². The highest BCUT2D eigenvalue weighted by molar-refractivity contribution is 6.35. The molecule has 0 aliphatic heterocycles. The normalized spacial score (nSPS) is 10.5. The molecule has 0 radical (unpaired) electrons. The zero-order valence-electron chi connectivity index (χ0n) is 9.80. The van der Waals surface area contributed by atoms with Gasteiger partial charge in [-0.2, -0.15) is 0 Å². The van der Waals surface area contributed by atoms with Gasteiger partial charge in [0, 0.05) is 21.2 Å². The van der Waals surface area contributed by atoms with Crippen LogP contribution in [0.25, 0.3) is 0 Å². The summed E-state index contributed by atoms with van der Waals surface area (Å²) in [6.45, 7) is 0.269. The number of alkyl halides is 1. The fraction of sp³-hybridized carbons (Fsp3) is 0.143. The summed E-state index contributed by atoms with van der Waals surface area (Å²) in [5.41, 5.74) is 1.41. The van der Waals surface area contributed by atoms with Crippen molar-refractivity contribution >= 4 is 34.8 Å². The Morgan fingerprint density at radius 2 is 1.79 bits per heavy atom. The van der Waals surface area contributed by atoms with Gasteiger partial charge in [-0.05, 0) is 30.3 Å². The molecule has 0 aliphatic carbocycles. The van der Waals surface area contributed by atoms with E-state index in [1.807, 2.05) is 0 Å². The first-order chi connectivity index (χ1) is 9.10. The molecule has 5 heteroatoms. The van der Waals surface area contributed by atoms with Crippen molar-refractivity contribution in [2.24, 2.45) is 0 Å². The van der Waals surface area contributed by atoms with Crippen LogP contribution < -0.4 is 4.74 Å². The van der Waals surface area contributed by atoms with E-state index in [1.165, 1.54) is 12.1 Å². The summed E-state index contributed by atoms with van der Waals surface area (Å²) in [7, 11) is 0. The Hall–Kier alpha value is -0.960. The highest BCUT2D eigenvalue weighted by atomic mass is 35.5. The lowest BCUT2D eigenvalue weighted by Crippen LogP contribution is -1.99. The van der Waals surface area contributed by atoms with Crippen LogP contribution in [0.3, 0.4) is 0 Å². The Morgan fingerprint density at radius 1 is 1.00 bits per heavy atom. The van der Waals surface area contributed by atoms with E-state index < -0.39 is 0 Å². The second-order valence-corrected chi connectivity index (χ2v) is 5.02. The monoisotopic (exact) mass is 318 g/mol. The first kappa shape index (κ1) is 14.4. The summed E-state index contributed by atoms with van der Waals surface area (Å²) in [6, 6.07) is 9.40. The number of benzene rings is 2. The van der Waals surface area contributed by atoms with E-state index in [4.69, 9.17) is 39.5 Å². The Kier molecular flexibility index (Phi) is 4.92. The predicted octanol–water partition coefficient (Wildman–Crippen LogP) is 5.45. The predicted molar refractivity (Wildman–Crippen MR) is 76.8 cm³/mol. The molecule has 100 valence electrons. The molecule has 2 aromatic carbocycles. The number of hydrogen-bond donors (Lipinski definition) is 0. The van der Waals surface area contributed by atoms with Gasteiger partial charge in [0.2, 0.25) is 0 Å². The van der Waals surface area contributed by atoms with Crippen molar-refractivity contribution in [2.75, 3.05) is 0 Å². The van der Waals surface area contributed by atoms with E-state index in [9.17, 15) is 4.39 Å². The highest BCUT2D eigenvalue weighted by Crippen LogP contribution is 2.25. The Labute approximate surface area is 125 Å². The molecule has 2 aromatic rings. The molecular formula is C14H10Cl3FO. The van der Waals surface area contributed by atoms with Crippen molar-refractivity contribution in [3.05, 3.63) is 63.4 Å². The Bertz CT molecular complexity index is 587. The van der Waals surface area contributed by atoms with Crippen LogP contribution in [0.15, 0.2) is 36.4 Å². The molecule has 2 rings (SSSR count). The minimum atomic E-state index is -0.340. The Balaban J connectivity index is 2.14. The summed E-state index contributed by atoms with van der Waals surface area (Å²) in [5.74, 6) is 0.386. The summed E-state index contributed by atoms with van der Waals surface area (Å²) in [4.78, 5) is 0. The molecule has 0 aromatic heterocycles. The lowest BCUT2D eigenvalue weighted by Gasteiger charge is -2.11. The molecule has 0 heterocycles. The third-order valence-corrected chi connectivity index (χ3v) is 3.44. The number of hydrogen-bond acceptors (Lipinski definition) is 1. The van der Waals surface area contributed by atoms with Crippen LogP contribution in [-0.2, 0) is 12.5 Å². The largest absolute Gasteiger partial charge is 0.489 e. The summed E-state index contributed by atoms with van der Waals surface area (Å²) < 4.78 is 18.7. The van der Waals surface area contributed by atoms with Gasteiger partial charge in [-0.3, -0.25) is 0 Å². The van der Waals surface area contributed by atoms with Crippen molar-refractivity contribution in [2.45, 2.75) is 12.5 Å². The molecule has 0 atom stereocenters. The highest BCUT2D eigenvalue weighted by Gasteiger charge is 2.07. The molecule has 0 saturated carbocycles. The van der Waals surface area contributed by atoms with Crippen LogP contribution in [0.1, 0.15) is 11.1 Å². The van der Waals surface area contributed by atoms with Crippen LogP contribution in [0.5, 0.6) is 5.75 Å². The first-order valence-corrected chi connectivity index (χ1v) is 6.80. The smallest absolute Gasteiger partial charge is 0.124 e. The van der Waals surface area contributed by atoms with Gasteiger partial charge in [-0.1, -0.05) is 29.3 Å². The van der Waals surface area contributed by atoms with Gasteiger partial charge in [0.1, 0.15) is 18.2 Å². The molecule has 0 N–H and O–H groups in total. The molecule has 0 fully saturated rings. The topological polar surface area (TPSA) is 9.23 Å². The zero-order chi connectivity index (χ0) is 13.8. The van der Waals surface area contributed by atoms with E-state index in [0.29, 0.717) is 21.4 Å². The molecule has 0 unspecified atom stereocenters. The lowest BCUT2D eigenvalue weighted by molar-refractivity contribution is 0.303. The molecular weight excluding hydrogens is 310 g/mol.